The molecule has 2 amide bonds. The average Bonchev–Trinajstić information content (AvgIpc) is 0.773. The number of piperidine rings is 2. The lowest BCUT2D eigenvalue weighted by Crippen LogP contribution is -2.61. The van der Waals surface area contributed by atoms with Crippen LogP contribution in [0.15, 0.2) is 95.2 Å². The zero-order chi connectivity index (χ0) is 105. The standard InChI is InChI=1S/C56H87NO16.C53H83NO14/c1-33-17-13-12-14-18-34(2)45(68-9)29-41-22-20-39(7)56(67,73-41)51(63)52(64)57-24-16-15-19-42(57)53(65)71-46(30-43(60)35(3)26-38(6)49(62)50(70-11)48(61)37(5)25-33)36(4)27-40-21-23-44(47(28-40)69-10)72-54(66)55(8,31-58)32-59;1-32-16-12-11-13-17-33(2)44(63-8)30-40-21-19-38(7)53(62,68-40)50(59)51(60)54-23-15-14-18-41(54)52(61)67-45(35(4)28-39-20-22-43(66-25-24-55)46(29-39)64-9)31-42(56)34(3)27-37(6)48(58)49(65-10)47(57)36(5)26-32/h12-14,17-18,26,33,35-37,39-42,44-47,49-50,58-59,62,67H,15-16,19-25,27-32H2,1-11H3;11-13,16-17,27,32,34-36,38-41,43-46,48-49,55,58,62H,14-15,18-26,28-31H2,1-10H3/b14-12+,17-13+,34-18+,38-26+;13-11?,16-12+,33-17?,37-27+/t33-,35-,36-,37-,39-,40+,41+,42+,44-,45+,46+,47-,49-,50+,56-;32-,34-,35+,36-,38-,39+,40+,41+,43-,44+,45+,46-,48-,49+,53-/m11/s1. The molecule has 0 unspecified atom stereocenters. The molecule has 0 radical (unpaired) electrons. The number of hydrogen-bond donors (Lipinski definition) is 7. The van der Waals surface area contributed by atoms with Gasteiger partial charge in [0.15, 0.2) is 11.6 Å². The Balaban J connectivity index is 0.000000384. The number of Topliss-reactive ketones (excluding diaryl/α,β-unsaturated/α-hetero) is 6. The molecule has 141 heavy (non-hydrogen) atoms. The summed E-state index contributed by atoms with van der Waals surface area (Å²) in [5.41, 5.74) is 0.987. The molecule has 0 spiro atoms. The maximum atomic E-state index is 14.5. The normalized spacial score (nSPS) is 37.7. The predicted molar refractivity (Wildman–Crippen MR) is 527 cm³/mol. The molecule has 2 aliphatic carbocycles. The number of nitrogens with zero attached hydrogens (tertiary/aromatic N) is 2. The Morgan fingerprint density at radius 1 is 0.468 bits per heavy atom. The average molecular weight is 1990 g/mol. The van der Waals surface area contributed by atoms with Gasteiger partial charge in [0.2, 0.25) is 11.6 Å². The molecule has 796 valence electrons. The van der Waals surface area contributed by atoms with E-state index in [1.807, 2.05) is 109 Å². The van der Waals surface area contributed by atoms with Crippen LogP contribution < -0.4 is 0 Å². The van der Waals surface area contributed by atoms with Crippen molar-refractivity contribution in [1.29, 1.82) is 0 Å². The molecule has 8 rings (SSSR count). The molecule has 6 aliphatic heterocycles. The molecule has 6 heterocycles. The zero-order valence-electron chi connectivity index (χ0n) is 87.7. The molecule has 32 nitrogen and oxygen atoms in total. The van der Waals surface area contributed by atoms with Crippen LogP contribution in [-0.2, 0) is 110 Å². The lowest BCUT2D eigenvalue weighted by atomic mass is 9.78. The lowest BCUT2D eigenvalue weighted by molar-refractivity contribution is -0.265. The quantitative estimate of drug-likeness (QED) is 0.0273. The molecule has 0 aromatic carbocycles. The summed E-state index contributed by atoms with van der Waals surface area (Å²) in [6, 6.07) is -2.35. The van der Waals surface area contributed by atoms with Crippen molar-refractivity contribution in [2.75, 3.05) is 82.2 Å². The summed E-state index contributed by atoms with van der Waals surface area (Å²) in [4.78, 5) is 158. The Morgan fingerprint density at radius 2 is 0.858 bits per heavy atom. The van der Waals surface area contributed by atoms with E-state index in [0.717, 1.165) is 22.5 Å². The van der Waals surface area contributed by atoms with Crippen LogP contribution in [0.4, 0.5) is 0 Å². The number of amides is 2. The van der Waals surface area contributed by atoms with Gasteiger partial charge in [-0.3, -0.25) is 43.2 Å². The number of fused-ring (bicyclic) bond motifs is 6. The van der Waals surface area contributed by atoms with E-state index in [-0.39, 0.29) is 117 Å². The third-order valence-electron chi connectivity index (χ3n) is 30.8. The van der Waals surface area contributed by atoms with Gasteiger partial charge in [-0.25, -0.2) is 9.59 Å². The van der Waals surface area contributed by atoms with Crippen molar-refractivity contribution in [3.63, 3.8) is 0 Å². The summed E-state index contributed by atoms with van der Waals surface area (Å²) in [7, 11) is 9.01. The summed E-state index contributed by atoms with van der Waals surface area (Å²) >= 11 is 0. The van der Waals surface area contributed by atoms with Gasteiger partial charge in [0, 0.05) is 117 Å². The van der Waals surface area contributed by atoms with Crippen LogP contribution in [0, 0.1) is 76.4 Å². The van der Waals surface area contributed by atoms with Crippen molar-refractivity contribution in [1.82, 2.24) is 9.80 Å². The molecule has 4 bridgehead atoms. The minimum atomic E-state index is -2.47. The number of allylic oxidation sites excluding steroid dienone is 12. The molecule has 6 fully saturated rings. The van der Waals surface area contributed by atoms with E-state index in [2.05, 4.69) is 0 Å². The molecular formula is C109H170N2O30. The Kier molecular flexibility index (Phi) is 49.3. The van der Waals surface area contributed by atoms with Gasteiger partial charge in [-0.15, -0.1) is 0 Å². The number of methoxy groups -OCH3 is 6. The highest BCUT2D eigenvalue weighted by Gasteiger charge is 2.56. The molecule has 2 saturated carbocycles. The van der Waals surface area contributed by atoms with Gasteiger partial charge in [-0.2, -0.15) is 0 Å². The number of ketones is 6. The van der Waals surface area contributed by atoms with Crippen molar-refractivity contribution in [2.24, 2.45) is 76.4 Å². The minimum Gasteiger partial charge on any atom is -0.460 e. The first kappa shape index (κ1) is 121. The summed E-state index contributed by atoms with van der Waals surface area (Å²) < 4.78 is 71.0. The fourth-order valence-corrected chi connectivity index (χ4v) is 21.2. The molecule has 7 N–H and O–H groups in total. The Morgan fingerprint density at radius 3 is 1.23 bits per heavy atom. The van der Waals surface area contributed by atoms with Crippen molar-refractivity contribution in [3.8, 4) is 0 Å². The third kappa shape index (κ3) is 33.3. The van der Waals surface area contributed by atoms with Gasteiger partial charge in [-0.05, 0) is 221 Å². The number of carbonyl (C=O) groups is 11. The van der Waals surface area contributed by atoms with Crippen LogP contribution in [-0.4, -0.2) is 301 Å². The summed E-state index contributed by atoms with van der Waals surface area (Å²) in [6.45, 7) is 25.6. The Bertz CT molecular complexity index is 4350. The van der Waals surface area contributed by atoms with Crippen molar-refractivity contribution >= 4 is 64.4 Å². The smallest absolute Gasteiger partial charge is 0.329 e. The van der Waals surface area contributed by atoms with Crippen LogP contribution in [0.1, 0.15) is 258 Å². The first-order valence-corrected chi connectivity index (χ1v) is 51.4. The highest BCUT2D eigenvalue weighted by molar-refractivity contribution is 6.39. The largest absolute Gasteiger partial charge is 0.460 e. The predicted octanol–water partition coefficient (Wildman–Crippen LogP) is 11.9. The van der Waals surface area contributed by atoms with E-state index >= 15 is 0 Å². The number of esters is 3. The third-order valence-corrected chi connectivity index (χ3v) is 30.8. The highest BCUT2D eigenvalue weighted by Crippen LogP contribution is 2.43. The van der Waals surface area contributed by atoms with E-state index < -0.39 is 198 Å². The maximum Gasteiger partial charge on any atom is 0.329 e. The fourth-order valence-electron chi connectivity index (χ4n) is 21.2. The van der Waals surface area contributed by atoms with Gasteiger partial charge in [0.05, 0.1) is 69.2 Å². The summed E-state index contributed by atoms with van der Waals surface area (Å²) in [5, 5.41) is 75.9. The molecule has 30 atom stereocenters. The second-order valence-corrected chi connectivity index (χ2v) is 42.0. The van der Waals surface area contributed by atoms with Crippen LogP contribution in [0.2, 0.25) is 0 Å². The zero-order valence-corrected chi connectivity index (χ0v) is 87.7. The van der Waals surface area contributed by atoms with Crippen molar-refractivity contribution in [3.05, 3.63) is 95.2 Å². The second kappa shape index (κ2) is 57.7. The SMILES string of the molecule is CO[C@H]1C[C@@H]2CC[C@@H](C)[C@@](O)(O2)C(=O)C(=O)N2CCCC[C@H]2C(=O)O[C@H]([C@@H](C)C[C@@H]2CC[C@@H](OCCO)[C@H](OC)C2)CC(=O)[C@H](C)/C=C(\C)[C@@H](O)[C@@H](OC)C(=O)[C@H](C)C[C@H](C)/C=C/C=CC=C1C.CO[C@H]1C[C@@H]2CC[C@@H](C)[C@@](O)(O2)C(=O)C(=O)N2CCCC[C@H]2C(=O)O[C@H]([C@H](C)C[C@@H]2CC[C@@H](OC(=O)C(C)(CO)CO)[C@H](OC)C2)CC(=O)[C@H](C)/C=C(\C)[C@@H](O)[C@@H](OC)C(=O)[C@H](C)C[C@H](C)/C=C/C=C/C=C/1C. The molecule has 4 saturated heterocycles. The van der Waals surface area contributed by atoms with E-state index in [9.17, 15) is 88.5 Å². The minimum absolute atomic E-state index is 0.00697. The monoisotopic (exact) mass is 1990 g/mol. The number of aliphatic hydroxyl groups is 7. The molecule has 0 aromatic rings. The lowest BCUT2D eigenvalue weighted by Gasteiger charge is -2.42. The van der Waals surface area contributed by atoms with Crippen LogP contribution in [0.5, 0.6) is 0 Å². The van der Waals surface area contributed by atoms with E-state index in [1.165, 1.54) is 33.2 Å². The number of carbonyl (C=O) groups excluding carboxylic acids is 11. The van der Waals surface area contributed by atoms with Gasteiger partial charge >= 0.3 is 17.9 Å². The summed E-state index contributed by atoms with van der Waals surface area (Å²) in [5.74, 6) is -17.3. The van der Waals surface area contributed by atoms with Crippen LogP contribution in [0.25, 0.3) is 0 Å². The summed E-state index contributed by atoms with van der Waals surface area (Å²) in [6.07, 6.45) is 21.8. The topological polar surface area (TPSA) is 447 Å². The van der Waals surface area contributed by atoms with Crippen molar-refractivity contribution in [2.45, 2.75) is 367 Å². The molecule has 8 aliphatic rings. The van der Waals surface area contributed by atoms with Gasteiger partial charge in [-0.1, -0.05) is 142 Å². The maximum absolute atomic E-state index is 14.5. The second-order valence-electron chi connectivity index (χ2n) is 42.0. The molecular weight excluding hydrogens is 1820 g/mol. The number of aliphatic hydroxyl groups excluding tert-OH is 5. The van der Waals surface area contributed by atoms with E-state index in [1.54, 1.807) is 81.9 Å². The number of rotatable bonds is 19. The van der Waals surface area contributed by atoms with Gasteiger partial charge < -0.3 is 102 Å². The van der Waals surface area contributed by atoms with Crippen LogP contribution >= 0.6 is 0 Å². The number of cyclic esters (lactones) is 2. The Labute approximate surface area is 836 Å². The Hall–Kier alpha value is -7.35. The van der Waals surface area contributed by atoms with Gasteiger partial charge in [0.1, 0.15) is 71.8 Å². The van der Waals surface area contributed by atoms with Crippen LogP contribution in [0.3, 0.4) is 0 Å². The van der Waals surface area contributed by atoms with E-state index in [4.69, 9.17) is 56.8 Å². The fraction of sp³-hybridized carbons (Fsp3) is 0.752. The number of hydrogen-bond acceptors (Lipinski definition) is 30. The first-order valence-electron chi connectivity index (χ1n) is 51.4. The first-order chi connectivity index (χ1) is 66.8. The van der Waals surface area contributed by atoms with Crippen molar-refractivity contribution < 1.29 is 145 Å². The number of ether oxygens (including phenoxy) is 12. The van der Waals surface area contributed by atoms with E-state index in [0.29, 0.717) is 133 Å². The molecule has 32 heteroatoms. The molecule has 0 aromatic heterocycles. The van der Waals surface area contributed by atoms with Gasteiger partial charge in [0.25, 0.3) is 23.4 Å². The highest BCUT2D eigenvalue weighted by atomic mass is 16.7.